The molecule has 0 saturated carbocycles. The number of benzene rings is 2. The number of hydrogen-bond donors (Lipinski definition) is 2. The van der Waals surface area contributed by atoms with Gasteiger partial charge in [-0.1, -0.05) is 42.5 Å². The van der Waals surface area contributed by atoms with Gasteiger partial charge in [0.2, 0.25) is 0 Å². The molecule has 0 spiro atoms. The molecule has 0 radical (unpaired) electrons. The van der Waals surface area contributed by atoms with Crippen LogP contribution in [0.25, 0.3) is 28.1 Å². The Labute approximate surface area is 188 Å². The van der Waals surface area contributed by atoms with Gasteiger partial charge in [-0.2, -0.15) is 0 Å². The van der Waals surface area contributed by atoms with Crippen LogP contribution < -0.4 is 5.73 Å². The molecule has 3 N–H and O–H groups in total. The summed E-state index contributed by atoms with van der Waals surface area (Å²) in [7, 11) is 0. The number of fused-ring (bicyclic) bond motifs is 1. The molecule has 4 rings (SSSR count). The summed E-state index contributed by atoms with van der Waals surface area (Å²) in [5, 5.41) is 0.967. The molecule has 32 heavy (non-hydrogen) atoms. The Morgan fingerprint density at radius 1 is 1.12 bits per heavy atom. The highest BCUT2D eigenvalue weighted by Crippen LogP contribution is 2.31. The van der Waals surface area contributed by atoms with E-state index >= 15 is 0 Å². The Morgan fingerprint density at radius 3 is 2.50 bits per heavy atom. The van der Waals surface area contributed by atoms with Crippen LogP contribution in [0.2, 0.25) is 0 Å². The number of piperidine rings is 1. The Kier molecular flexibility index (Phi) is 6.30. The molecule has 166 valence electrons. The number of amides is 2. The number of nitrogens with two attached hydrogens (primary N) is 1. The molecule has 1 aliphatic rings. The van der Waals surface area contributed by atoms with E-state index in [1.54, 1.807) is 4.90 Å². The number of aromatic amines is 1. The Balaban J connectivity index is 1.55. The summed E-state index contributed by atoms with van der Waals surface area (Å²) >= 11 is 0. The van der Waals surface area contributed by atoms with E-state index in [1.807, 2.05) is 56.4 Å². The topological polar surface area (TPSA) is 88.4 Å². The largest absolute Gasteiger partial charge is 0.447 e. The second-order valence-electron chi connectivity index (χ2n) is 8.54. The zero-order valence-electron chi connectivity index (χ0n) is 18.5. The van der Waals surface area contributed by atoms with Crippen molar-refractivity contribution in [1.29, 1.82) is 0 Å². The molecule has 0 bridgehead atoms. The first kappa shape index (κ1) is 21.7. The first-order valence-electron chi connectivity index (χ1n) is 11.1. The normalized spacial score (nSPS) is 15.0. The van der Waals surface area contributed by atoms with Gasteiger partial charge in [0.1, 0.15) is 0 Å². The number of ether oxygens (including phenoxy) is 1. The van der Waals surface area contributed by atoms with E-state index in [2.05, 4.69) is 23.2 Å². The Morgan fingerprint density at radius 2 is 1.84 bits per heavy atom. The lowest BCUT2D eigenvalue weighted by molar-refractivity contribution is 0.0679. The number of rotatable bonds is 5. The van der Waals surface area contributed by atoms with Crippen LogP contribution in [-0.2, 0) is 4.74 Å². The lowest BCUT2D eigenvalue weighted by Crippen LogP contribution is -2.39. The number of hydrogen-bond acceptors (Lipinski definition) is 3. The highest BCUT2D eigenvalue weighted by atomic mass is 16.6. The van der Waals surface area contributed by atoms with Crippen molar-refractivity contribution in [3.8, 4) is 11.1 Å². The number of aromatic nitrogens is 1. The van der Waals surface area contributed by atoms with E-state index in [4.69, 9.17) is 10.5 Å². The number of primary amides is 1. The number of allylic oxidation sites excluding steroid dienone is 1. The average Bonchev–Trinajstić information content (AvgIpc) is 3.20. The number of carbonyl (C=O) groups is 2. The Bertz CT molecular complexity index is 1140. The molecule has 1 fully saturated rings. The van der Waals surface area contributed by atoms with Crippen molar-refractivity contribution in [1.82, 2.24) is 9.88 Å². The summed E-state index contributed by atoms with van der Waals surface area (Å²) in [6.07, 6.45) is 7.68. The van der Waals surface area contributed by atoms with Crippen molar-refractivity contribution in [3.63, 3.8) is 0 Å². The fourth-order valence-corrected chi connectivity index (χ4v) is 4.17. The minimum absolute atomic E-state index is 0.104. The van der Waals surface area contributed by atoms with Crippen LogP contribution in [0.15, 0.2) is 54.7 Å². The molecular formula is C26H29N3O3. The number of nitrogens with zero attached hydrogens (tertiary/aromatic N) is 1. The summed E-state index contributed by atoms with van der Waals surface area (Å²) in [6.45, 7) is 5.11. The van der Waals surface area contributed by atoms with E-state index in [1.165, 1.54) is 0 Å². The van der Waals surface area contributed by atoms with Crippen molar-refractivity contribution in [2.24, 2.45) is 11.7 Å². The zero-order chi connectivity index (χ0) is 22.7. The summed E-state index contributed by atoms with van der Waals surface area (Å²) in [5.74, 6) is -0.0678. The van der Waals surface area contributed by atoms with Gasteiger partial charge in [-0.05, 0) is 61.4 Å². The van der Waals surface area contributed by atoms with Gasteiger partial charge in [-0.15, -0.1) is 0 Å². The van der Waals surface area contributed by atoms with Gasteiger partial charge in [0.05, 0.1) is 17.2 Å². The second kappa shape index (κ2) is 9.30. The summed E-state index contributed by atoms with van der Waals surface area (Å²) in [5.41, 5.74) is 9.92. The van der Waals surface area contributed by atoms with Crippen molar-refractivity contribution in [3.05, 3.63) is 65.9 Å². The van der Waals surface area contributed by atoms with E-state index in [9.17, 15) is 9.59 Å². The van der Waals surface area contributed by atoms with Gasteiger partial charge in [0.15, 0.2) is 0 Å². The van der Waals surface area contributed by atoms with Crippen molar-refractivity contribution < 1.29 is 14.3 Å². The van der Waals surface area contributed by atoms with E-state index in [0.29, 0.717) is 24.6 Å². The molecule has 2 heterocycles. The number of H-pyrrole nitrogens is 1. The molecule has 1 aromatic heterocycles. The van der Waals surface area contributed by atoms with Crippen molar-refractivity contribution in [2.45, 2.75) is 32.8 Å². The maximum atomic E-state index is 12.1. The zero-order valence-corrected chi connectivity index (χ0v) is 18.5. The van der Waals surface area contributed by atoms with Crippen LogP contribution in [0.1, 0.15) is 42.6 Å². The molecule has 1 saturated heterocycles. The van der Waals surface area contributed by atoms with Crippen LogP contribution in [0.5, 0.6) is 0 Å². The first-order valence-corrected chi connectivity index (χ1v) is 11.1. The van der Waals surface area contributed by atoms with Gasteiger partial charge in [-0.25, -0.2) is 4.79 Å². The smallest absolute Gasteiger partial charge is 0.410 e. The molecule has 3 aromatic rings. The first-order chi connectivity index (χ1) is 15.4. The van der Waals surface area contributed by atoms with Crippen molar-refractivity contribution >= 4 is 29.0 Å². The number of nitrogens with one attached hydrogen (secondary N) is 1. The maximum absolute atomic E-state index is 12.1. The molecular weight excluding hydrogens is 402 g/mol. The monoisotopic (exact) mass is 431 g/mol. The molecule has 0 aliphatic carbocycles. The average molecular weight is 432 g/mol. The van der Waals surface area contributed by atoms with Crippen LogP contribution in [-0.4, -0.2) is 41.1 Å². The van der Waals surface area contributed by atoms with E-state index in [-0.39, 0.29) is 12.2 Å². The maximum Gasteiger partial charge on any atom is 0.410 e. The van der Waals surface area contributed by atoms with Gasteiger partial charge in [0, 0.05) is 24.7 Å². The fourth-order valence-electron chi connectivity index (χ4n) is 4.17. The SMILES string of the molecule is CC(C)OC(=O)N1CCC(/C=C\c2c[nH]c3c(C(N)=O)cc(-c4ccccc4)cc23)CC1. The van der Waals surface area contributed by atoms with Crippen molar-refractivity contribution in [2.75, 3.05) is 13.1 Å². The highest BCUT2D eigenvalue weighted by molar-refractivity contribution is 6.08. The third-order valence-electron chi connectivity index (χ3n) is 5.88. The molecule has 6 nitrogen and oxygen atoms in total. The van der Waals surface area contributed by atoms with Gasteiger partial charge in [-0.3, -0.25) is 4.79 Å². The quantitative estimate of drug-likeness (QED) is 0.582. The van der Waals surface area contributed by atoms with Crippen LogP contribution in [0.4, 0.5) is 4.79 Å². The summed E-state index contributed by atoms with van der Waals surface area (Å²) in [6, 6.07) is 13.9. The highest BCUT2D eigenvalue weighted by Gasteiger charge is 2.23. The molecule has 0 unspecified atom stereocenters. The molecule has 2 amide bonds. The number of carbonyl (C=O) groups excluding carboxylic acids is 2. The molecule has 1 aliphatic heterocycles. The number of likely N-dealkylation sites (tertiary alicyclic amines) is 1. The lowest BCUT2D eigenvalue weighted by Gasteiger charge is -2.30. The lowest BCUT2D eigenvalue weighted by atomic mass is 9.95. The van der Waals surface area contributed by atoms with Crippen LogP contribution in [0.3, 0.4) is 0 Å². The predicted octanol–water partition coefficient (Wildman–Crippen LogP) is 5.20. The van der Waals surface area contributed by atoms with Gasteiger partial charge in [0.25, 0.3) is 5.91 Å². The third kappa shape index (κ3) is 4.69. The van der Waals surface area contributed by atoms with Gasteiger partial charge >= 0.3 is 6.09 Å². The minimum Gasteiger partial charge on any atom is -0.447 e. The van der Waals surface area contributed by atoms with Crippen LogP contribution in [0, 0.1) is 5.92 Å². The standard InChI is InChI=1S/C26H29N3O3/c1-17(2)32-26(31)29-12-10-18(11-13-29)8-9-20-16-28-24-22(20)14-21(15-23(24)25(27)30)19-6-4-3-5-7-19/h3-9,14-18,28H,10-13H2,1-2H3,(H2,27,30)/b9-8-. The Hall–Kier alpha value is -3.54. The second-order valence-corrected chi connectivity index (χ2v) is 8.54. The fraction of sp³-hybridized carbons (Fsp3) is 0.308. The molecule has 2 aromatic carbocycles. The summed E-state index contributed by atoms with van der Waals surface area (Å²) < 4.78 is 5.30. The predicted molar refractivity (Wildman–Crippen MR) is 127 cm³/mol. The van der Waals surface area contributed by atoms with Crippen LogP contribution >= 0.6 is 0 Å². The van der Waals surface area contributed by atoms with Gasteiger partial charge < -0.3 is 20.4 Å². The molecule has 6 heteroatoms. The summed E-state index contributed by atoms with van der Waals surface area (Å²) in [4.78, 5) is 29.2. The molecule has 0 atom stereocenters. The minimum atomic E-state index is -0.453. The van der Waals surface area contributed by atoms with E-state index < -0.39 is 5.91 Å². The third-order valence-corrected chi connectivity index (χ3v) is 5.88. The van der Waals surface area contributed by atoms with E-state index in [0.717, 1.165) is 40.4 Å².